The van der Waals surface area contributed by atoms with Crippen molar-refractivity contribution in [1.82, 2.24) is 0 Å². The van der Waals surface area contributed by atoms with Gasteiger partial charge in [0.15, 0.2) is 0 Å². The maximum Gasteiger partial charge on any atom is 0.334 e. The number of carbonyl (C=O) groups excluding carboxylic acids is 1. The zero-order valence-corrected chi connectivity index (χ0v) is 11.1. The van der Waals surface area contributed by atoms with Gasteiger partial charge in [0.05, 0.1) is 18.1 Å². The van der Waals surface area contributed by atoms with Crippen molar-refractivity contribution in [2.75, 3.05) is 0 Å². The van der Waals surface area contributed by atoms with Crippen molar-refractivity contribution >= 4 is 5.97 Å². The van der Waals surface area contributed by atoms with Crippen LogP contribution in [0.1, 0.15) is 26.2 Å². The molecule has 0 aromatic carbocycles. The number of fused-ring (bicyclic) bond motifs is 1. The molecule has 4 atom stereocenters. The molecule has 2 N–H and O–H groups in total. The van der Waals surface area contributed by atoms with Crippen molar-refractivity contribution < 1.29 is 19.7 Å². The van der Waals surface area contributed by atoms with E-state index in [9.17, 15) is 15.0 Å². The quantitative estimate of drug-likeness (QED) is 0.395. The number of allylic oxidation sites excluding steroid dienone is 1. The molecular formula is C15H20O4. The van der Waals surface area contributed by atoms with Crippen LogP contribution in [0.5, 0.6) is 0 Å². The van der Waals surface area contributed by atoms with Crippen molar-refractivity contribution in [3.63, 3.8) is 0 Å². The van der Waals surface area contributed by atoms with Crippen molar-refractivity contribution in [3.05, 3.63) is 36.0 Å². The van der Waals surface area contributed by atoms with Crippen LogP contribution in [-0.2, 0) is 9.53 Å². The topological polar surface area (TPSA) is 66.8 Å². The molecule has 0 unspecified atom stereocenters. The van der Waals surface area contributed by atoms with Gasteiger partial charge in [-0.3, -0.25) is 0 Å². The van der Waals surface area contributed by atoms with Crippen LogP contribution < -0.4 is 0 Å². The van der Waals surface area contributed by atoms with Crippen LogP contribution in [0.3, 0.4) is 0 Å². The van der Waals surface area contributed by atoms with E-state index in [0.29, 0.717) is 30.4 Å². The highest BCUT2D eigenvalue weighted by Crippen LogP contribution is 2.35. The highest BCUT2D eigenvalue weighted by atomic mass is 16.6. The van der Waals surface area contributed by atoms with Crippen LogP contribution in [0.15, 0.2) is 36.0 Å². The van der Waals surface area contributed by atoms with Gasteiger partial charge >= 0.3 is 5.97 Å². The van der Waals surface area contributed by atoms with Gasteiger partial charge in [0.2, 0.25) is 0 Å². The van der Waals surface area contributed by atoms with Gasteiger partial charge < -0.3 is 14.9 Å². The third kappa shape index (κ3) is 2.80. The van der Waals surface area contributed by atoms with Crippen molar-refractivity contribution in [2.45, 2.75) is 44.5 Å². The first-order valence-corrected chi connectivity index (χ1v) is 6.51. The van der Waals surface area contributed by atoms with Crippen molar-refractivity contribution in [2.24, 2.45) is 5.92 Å². The predicted molar refractivity (Wildman–Crippen MR) is 71.3 cm³/mol. The molecule has 104 valence electrons. The summed E-state index contributed by atoms with van der Waals surface area (Å²) in [6, 6.07) is 0. The summed E-state index contributed by atoms with van der Waals surface area (Å²) in [4.78, 5) is 11.6. The highest BCUT2D eigenvalue weighted by molar-refractivity contribution is 5.91. The molecule has 0 aromatic heterocycles. The number of aliphatic hydroxyl groups is 2. The first-order valence-electron chi connectivity index (χ1n) is 6.51. The first-order chi connectivity index (χ1) is 8.90. The number of esters is 1. The van der Waals surface area contributed by atoms with E-state index in [0.717, 1.165) is 5.57 Å². The molecule has 4 heteroatoms. The van der Waals surface area contributed by atoms with Gasteiger partial charge in [-0.2, -0.15) is 0 Å². The average molecular weight is 264 g/mol. The molecule has 1 heterocycles. The molecule has 19 heavy (non-hydrogen) atoms. The zero-order valence-electron chi connectivity index (χ0n) is 11.1. The lowest BCUT2D eigenvalue weighted by Gasteiger charge is -2.25. The van der Waals surface area contributed by atoms with Crippen LogP contribution >= 0.6 is 0 Å². The van der Waals surface area contributed by atoms with Crippen LogP contribution in [0.2, 0.25) is 0 Å². The molecule has 0 radical (unpaired) electrons. The number of carbonyl (C=O) groups is 1. The monoisotopic (exact) mass is 264 g/mol. The van der Waals surface area contributed by atoms with E-state index < -0.39 is 30.2 Å². The SMILES string of the molecule is C=C1C(=O)O[C@@H]2CC(=C)[C@H](O)CC/C(C)=C/[C@@H](O)[C@H]12. The third-order valence-corrected chi connectivity index (χ3v) is 3.89. The molecule has 1 saturated heterocycles. The van der Waals surface area contributed by atoms with E-state index in [1.165, 1.54) is 0 Å². The van der Waals surface area contributed by atoms with Gasteiger partial charge in [-0.25, -0.2) is 4.79 Å². The Labute approximate surface area is 113 Å². The van der Waals surface area contributed by atoms with Crippen LogP contribution in [0.4, 0.5) is 0 Å². The fourth-order valence-electron chi connectivity index (χ4n) is 2.68. The molecule has 0 aromatic rings. The fourth-order valence-corrected chi connectivity index (χ4v) is 2.68. The summed E-state index contributed by atoms with van der Waals surface area (Å²) in [5.41, 5.74) is 1.91. The number of ether oxygens (including phenoxy) is 1. The normalized spacial score (nSPS) is 39.3. The molecule has 2 aliphatic rings. The largest absolute Gasteiger partial charge is 0.458 e. The summed E-state index contributed by atoms with van der Waals surface area (Å²) in [5.74, 6) is -0.925. The Kier molecular flexibility index (Phi) is 3.92. The standard InChI is InChI=1S/C15H20O4/c1-8-4-5-11(16)9(2)7-13-14(12(17)6-8)10(3)15(18)19-13/h6,11-14,16-17H,2-5,7H2,1H3/b8-6+/t11-,12-,13-,14+/m1/s1. The number of aliphatic hydroxyl groups excluding tert-OH is 2. The fraction of sp³-hybridized carbons (Fsp3) is 0.533. The molecule has 1 aliphatic heterocycles. The van der Waals surface area contributed by atoms with Gasteiger partial charge in [0.1, 0.15) is 6.10 Å². The summed E-state index contributed by atoms with van der Waals surface area (Å²) in [7, 11) is 0. The molecule has 0 saturated carbocycles. The highest BCUT2D eigenvalue weighted by Gasteiger charge is 2.42. The predicted octanol–water partition coefficient (Wildman–Crippen LogP) is 1.49. The van der Waals surface area contributed by atoms with Gasteiger partial charge in [-0.15, -0.1) is 0 Å². The minimum atomic E-state index is -0.785. The third-order valence-electron chi connectivity index (χ3n) is 3.89. The Bertz CT molecular complexity index is 449. The van der Waals surface area contributed by atoms with Crippen molar-refractivity contribution in [1.29, 1.82) is 0 Å². The summed E-state index contributed by atoms with van der Waals surface area (Å²) in [6.45, 7) is 9.47. The molecule has 1 fully saturated rings. The molecule has 0 spiro atoms. The number of hydrogen-bond donors (Lipinski definition) is 2. The Morgan fingerprint density at radius 2 is 2.05 bits per heavy atom. The second-order valence-electron chi connectivity index (χ2n) is 5.42. The lowest BCUT2D eigenvalue weighted by molar-refractivity contribution is -0.139. The zero-order chi connectivity index (χ0) is 14.2. The smallest absolute Gasteiger partial charge is 0.334 e. The first kappa shape index (κ1) is 14.0. The molecular weight excluding hydrogens is 244 g/mol. The van der Waals surface area contributed by atoms with Gasteiger partial charge in [-0.1, -0.05) is 24.8 Å². The van der Waals surface area contributed by atoms with Crippen molar-refractivity contribution in [3.8, 4) is 0 Å². The Balaban J connectivity index is 2.33. The summed E-state index contributed by atoms with van der Waals surface area (Å²) < 4.78 is 5.23. The lowest BCUT2D eigenvalue weighted by Crippen LogP contribution is -2.30. The Morgan fingerprint density at radius 3 is 2.74 bits per heavy atom. The Hall–Kier alpha value is -1.39. The van der Waals surface area contributed by atoms with E-state index in [1.807, 2.05) is 6.92 Å². The van der Waals surface area contributed by atoms with E-state index in [1.54, 1.807) is 6.08 Å². The second-order valence-corrected chi connectivity index (χ2v) is 5.42. The molecule has 2 rings (SSSR count). The van der Waals surface area contributed by atoms with E-state index in [2.05, 4.69) is 13.2 Å². The van der Waals surface area contributed by atoms with E-state index >= 15 is 0 Å². The molecule has 0 amide bonds. The van der Waals surface area contributed by atoms with Crippen LogP contribution in [0.25, 0.3) is 0 Å². The average Bonchev–Trinajstić information content (AvgIpc) is 2.60. The maximum absolute atomic E-state index is 11.6. The molecule has 4 nitrogen and oxygen atoms in total. The lowest BCUT2D eigenvalue weighted by atomic mass is 9.84. The molecule has 0 bridgehead atoms. The van der Waals surface area contributed by atoms with Gasteiger partial charge in [-0.05, 0) is 25.3 Å². The Morgan fingerprint density at radius 1 is 1.37 bits per heavy atom. The minimum absolute atomic E-state index is 0.296. The van der Waals surface area contributed by atoms with Crippen LogP contribution in [-0.4, -0.2) is 34.5 Å². The summed E-state index contributed by atoms with van der Waals surface area (Å²) in [6.07, 6.45) is 1.47. The number of hydrogen-bond acceptors (Lipinski definition) is 4. The maximum atomic E-state index is 11.6. The number of rotatable bonds is 0. The summed E-state index contributed by atoms with van der Waals surface area (Å²) >= 11 is 0. The van der Waals surface area contributed by atoms with E-state index in [-0.39, 0.29) is 0 Å². The van der Waals surface area contributed by atoms with Gasteiger partial charge in [0.25, 0.3) is 0 Å². The summed E-state index contributed by atoms with van der Waals surface area (Å²) in [5, 5.41) is 20.2. The van der Waals surface area contributed by atoms with E-state index in [4.69, 9.17) is 4.74 Å². The van der Waals surface area contributed by atoms with Gasteiger partial charge in [0, 0.05) is 12.0 Å². The minimum Gasteiger partial charge on any atom is -0.458 e. The second kappa shape index (κ2) is 5.31. The van der Waals surface area contributed by atoms with Crippen LogP contribution in [0, 0.1) is 5.92 Å². The molecule has 1 aliphatic carbocycles.